The first-order valence-electron chi connectivity index (χ1n) is 4.23. The Labute approximate surface area is 103 Å². The highest BCUT2D eigenvalue weighted by Gasteiger charge is 2.45. The molecule has 10 heteroatoms. The molecule has 0 aliphatic rings. The normalized spacial score (nSPS) is 11.4. The van der Waals surface area contributed by atoms with Gasteiger partial charge in [-0.15, -0.1) is 21.2 Å². The van der Waals surface area contributed by atoms with E-state index >= 15 is 0 Å². The molecule has 0 aromatic heterocycles. The number of rotatable bonds is 6. The second kappa shape index (κ2) is 6.68. The number of amides is 1. The summed E-state index contributed by atoms with van der Waals surface area (Å²) in [4.78, 5) is 11.4. The van der Waals surface area contributed by atoms with Gasteiger partial charge in [0.15, 0.2) is 0 Å². The Morgan fingerprint density at radius 3 is 1.89 bits per heavy atom. The number of carbonyl (C=O) groups is 1. The molecule has 0 rings (SSSR count). The van der Waals surface area contributed by atoms with Gasteiger partial charge in [0.2, 0.25) is 0 Å². The third-order valence-corrected chi connectivity index (χ3v) is 4.24. The molecule has 0 atom stereocenters. The molecule has 0 aromatic carbocycles. The standard InChI is InChI=1S/C8H9F2NO5P2/c1-4-6-15-17(13,16-7-5-2)8(12)11(3)18(9,10)14/h1-2H,6-7H2,3H3. The molecule has 0 aliphatic heterocycles. The van der Waals surface area contributed by atoms with E-state index in [0.717, 1.165) is 0 Å². The molecular formula is C8H9F2NO5P2. The second-order valence-corrected chi connectivity index (χ2v) is 6.06. The van der Waals surface area contributed by atoms with Crippen molar-refractivity contribution < 1.29 is 31.4 Å². The average molecular weight is 299 g/mol. The maximum atomic E-state index is 12.5. The van der Waals surface area contributed by atoms with Crippen LogP contribution in [-0.2, 0) is 18.2 Å². The quantitative estimate of drug-likeness (QED) is 0.556. The number of carbonyl (C=O) groups excluding carboxylic acids is 1. The summed E-state index contributed by atoms with van der Waals surface area (Å²) in [5.41, 5.74) is -1.78. The van der Waals surface area contributed by atoms with Crippen molar-refractivity contribution in [2.45, 2.75) is 0 Å². The van der Waals surface area contributed by atoms with E-state index in [4.69, 9.17) is 12.8 Å². The first-order valence-corrected chi connectivity index (χ1v) is 7.21. The molecule has 0 aliphatic carbocycles. The Kier molecular flexibility index (Phi) is 6.25. The number of hydrogen-bond donors (Lipinski definition) is 0. The van der Waals surface area contributed by atoms with Gasteiger partial charge in [-0.1, -0.05) is 11.8 Å². The first-order chi connectivity index (χ1) is 8.19. The predicted octanol–water partition coefficient (Wildman–Crippen LogP) is 2.58. The van der Waals surface area contributed by atoms with Crippen LogP contribution in [0.4, 0.5) is 13.2 Å². The minimum Gasteiger partial charge on any atom is -0.289 e. The molecule has 0 aromatic rings. The second-order valence-electron chi connectivity index (χ2n) is 2.69. The lowest BCUT2D eigenvalue weighted by Crippen LogP contribution is -2.22. The summed E-state index contributed by atoms with van der Waals surface area (Å²) < 4.78 is 55.6. The lowest BCUT2D eigenvalue weighted by molar-refractivity contribution is 0.210. The molecule has 0 bridgehead atoms. The fourth-order valence-corrected chi connectivity index (χ4v) is 2.65. The van der Waals surface area contributed by atoms with Crippen LogP contribution in [0.2, 0.25) is 0 Å². The van der Waals surface area contributed by atoms with Gasteiger partial charge < -0.3 is 0 Å². The number of terminal acetylenes is 2. The van der Waals surface area contributed by atoms with E-state index in [0.29, 0.717) is 7.05 Å². The number of halogens is 2. The molecule has 0 N–H and O–H groups in total. The maximum Gasteiger partial charge on any atom is 0.513 e. The molecule has 100 valence electrons. The van der Waals surface area contributed by atoms with Gasteiger partial charge in [0.25, 0.3) is 0 Å². The summed E-state index contributed by atoms with van der Waals surface area (Å²) in [6, 6.07) is 0. The van der Waals surface area contributed by atoms with Crippen LogP contribution in [0.1, 0.15) is 0 Å². The minimum atomic E-state index is -5.93. The first kappa shape index (κ1) is 16.8. The summed E-state index contributed by atoms with van der Waals surface area (Å²) in [5.74, 6) is 3.76. The Bertz CT molecular complexity index is 467. The molecule has 0 heterocycles. The molecule has 0 spiro atoms. The highest BCUT2D eigenvalue weighted by atomic mass is 31.2. The van der Waals surface area contributed by atoms with E-state index in [1.54, 1.807) is 0 Å². The van der Waals surface area contributed by atoms with Gasteiger partial charge in [0, 0.05) is 7.05 Å². The van der Waals surface area contributed by atoms with Gasteiger partial charge in [0.1, 0.15) is 13.2 Å². The fourth-order valence-electron chi connectivity index (χ4n) is 0.669. The Balaban J connectivity index is 5.16. The van der Waals surface area contributed by atoms with E-state index < -0.39 is 39.0 Å². The summed E-state index contributed by atoms with van der Waals surface area (Å²) in [7, 11) is -10.1. The predicted molar refractivity (Wildman–Crippen MR) is 60.2 cm³/mol. The Morgan fingerprint density at radius 1 is 1.22 bits per heavy atom. The zero-order valence-electron chi connectivity index (χ0n) is 9.21. The van der Waals surface area contributed by atoms with Crippen molar-refractivity contribution in [1.82, 2.24) is 4.67 Å². The zero-order chi connectivity index (χ0) is 14.4. The molecule has 1 amide bonds. The van der Waals surface area contributed by atoms with Crippen LogP contribution in [0, 0.1) is 24.7 Å². The van der Waals surface area contributed by atoms with Crippen molar-refractivity contribution >= 4 is 21.2 Å². The zero-order valence-corrected chi connectivity index (χ0v) is 11.0. The molecule has 0 saturated carbocycles. The molecule has 0 unspecified atom stereocenters. The average Bonchev–Trinajstić information content (AvgIpc) is 2.30. The van der Waals surface area contributed by atoms with Crippen molar-refractivity contribution in [2.24, 2.45) is 0 Å². The molecule has 0 radical (unpaired) electrons. The largest absolute Gasteiger partial charge is 0.513 e. The topological polar surface area (TPSA) is 72.9 Å². The van der Waals surface area contributed by atoms with Gasteiger partial charge in [-0.2, -0.15) is 0 Å². The lowest BCUT2D eigenvalue weighted by atomic mass is 10.8. The van der Waals surface area contributed by atoms with Gasteiger partial charge in [-0.25, -0.2) is 13.8 Å². The van der Waals surface area contributed by atoms with Crippen LogP contribution in [0.5, 0.6) is 0 Å². The fraction of sp³-hybridized carbons (Fsp3) is 0.375. The molecular weight excluding hydrogens is 290 g/mol. The Hall–Kier alpha value is -1.17. The summed E-state index contributed by atoms with van der Waals surface area (Å²) in [6.07, 6.45) is 9.61. The molecule has 0 saturated heterocycles. The van der Waals surface area contributed by atoms with Crippen molar-refractivity contribution in [3.05, 3.63) is 0 Å². The lowest BCUT2D eigenvalue weighted by Gasteiger charge is -2.20. The van der Waals surface area contributed by atoms with Crippen LogP contribution < -0.4 is 0 Å². The van der Waals surface area contributed by atoms with E-state index in [1.807, 2.05) is 11.8 Å². The smallest absolute Gasteiger partial charge is 0.289 e. The Morgan fingerprint density at radius 2 is 1.61 bits per heavy atom. The minimum absolute atomic E-state index is 0.494. The van der Waals surface area contributed by atoms with Crippen LogP contribution in [0.15, 0.2) is 0 Å². The van der Waals surface area contributed by atoms with Gasteiger partial charge in [0.05, 0.1) is 0 Å². The number of hydrogen-bond acceptors (Lipinski definition) is 5. The van der Waals surface area contributed by atoms with E-state index in [-0.39, 0.29) is 0 Å². The van der Waals surface area contributed by atoms with E-state index in [2.05, 4.69) is 9.05 Å². The highest BCUT2D eigenvalue weighted by Crippen LogP contribution is 2.59. The van der Waals surface area contributed by atoms with Crippen molar-refractivity contribution in [3.8, 4) is 24.7 Å². The third-order valence-electron chi connectivity index (χ3n) is 1.50. The molecule has 0 fully saturated rings. The monoisotopic (exact) mass is 299 g/mol. The van der Waals surface area contributed by atoms with Gasteiger partial charge in [-0.3, -0.25) is 13.8 Å². The van der Waals surface area contributed by atoms with E-state index in [1.165, 1.54) is 0 Å². The van der Waals surface area contributed by atoms with E-state index in [9.17, 15) is 22.3 Å². The van der Waals surface area contributed by atoms with Crippen LogP contribution >= 0.6 is 15.5 Å². The molecule has 6 nitrogen and oxygen atoms in total. The van der Waals surface area contributed by atoms with Crippen molar-refractivity contribution in [3.63, 3.8) is 0 Å². The summed E-state index contributed by atoms with van der Waals surface area (Å²) in [5, 5.41) is 0. The summed E-state index contributed by atoms with van der Waals surface area (Å²) >= 11 is 0. The third kappa shape index (κ3) is 4.60. The SMILES string of the molecule is C#CCOP(=O)(OCC#C)C(=O)N(C)P(=O)(F)F. The molecule has 18 heavy (non-hydrogen) atoms. The van der Waals surface area contributed by atoms with Crippen LogP contribution in [0.3, 0.4) is 0 Å². The van der Waals surface area contributed by atoms with Gasteiger partial charge >= 0.3 is 21.2 Å². The highest BCUT2D eigenvalue weighted by molar-refractivity contribution is 7.73. The van der Waals surface area contributed by atoms with Crippen molar-refractivity contribution in [2.75, 3.05) is 20.3 Å². The maximum absolute atomic E-state index is 12.5. The van der Waals surface area contributed by atoms with Gasteiger partial charge in [-0.05, 0) is 0 Å². The summed E-state index contributed by atoms with van der Waals surface area (Å²) in [6.45, 7) is -1.24. The van der Waals surface area contributed by atoms with Crippen LogP contribution in [0.25, 0.3) is 0 Å². The van der Waals surface area contributed by atoms with Crippen molar-refractivity contribution in [1.29, 1.82) is 0 Å². The number of nitrogens with zero attached hydrogens (tertiary/aromatic N) is 1. The van der Waals surface area contributed by atoms with Crippen LogP contribution in [-0.4, -0.2) is 30.6 Å².